The SMILES string of the molecule is CCN(C)C(=O)C(C)NCc1ccc(C2CC2)cc1. The molecule has 1 aliphatic carbocycles. The van der Waals surface area contributed by atoms with Crippen LogP contribution >= 0.6 is 0 Å². The van der Waals surface area contributed by atoms with Crippen molar-refractivity contribution in [2.75, 3.05) is 13.6 Å². The standard InChI is InChI=1S/C16H24N2O/c1-4-18(3)16(19)12(2)17-11-13-5-7-14(8-6-13)15-9-10-15/h5-8,12,15,17H,4,9-11H2,1-3H3. The number of nitrogens with one attached hydrogen (secondary N) is 1. The van der Waals surface area contributed by atoms with Gasteiger partial charge in [0.1, 0.15) is 0 Å². The Labute approximate surface area is 116 Å². The monoisotopic (exact) mass is 260 g/mol. The fraction of sp³-hybridized carbons (Fsp3) is 0.562. The lowest BCUT2D eigenvalue weighted by molar-refractivity contribution is -0.131. The second kappa shape index (κ2) is 6.20. The van der Waals surface area contributed by atoms with Crippen molar-refractivity contribution < 1.29 is 4.79 Å². The normalized spacial score (nSPS) is 16.2. The molecular formula is C16H24N2O. The fourth-order valence-corrected chi connectivity index (χ4v) is 2.17. The summed E-state index contributed by atoms with van der Waals surface area (Å²) in [5.41, 5.74) is 2.70. The van der Waals surface area contributed by atoms with Gasteiger partial charge in [0, 0.05) is 20.1 Å². The summed E-state index contributed by atoms with van der Waals surface area (Å²) in [6.07, 6.45) is 2.68. The second-order valence-corrected chi connectivity index (χ2v) is 5.47. The lowest BCUT2D eigenvalue weighted by Crippen LogP contribution is -2.42. The Balaban J connectivity index is 1.82. The van der Waals surface area contributed by atoms with Gasteiger partial charge >= 0.3 is 0 Å². The molecule has 0 bridgehead atoms. The van der Waals surface area contributed by atoms with Crippen LogP contribution in [0, 0.1) is 0 Å². The van der Waals surface area contributed by atoms with Crippen LogP contribution in [0.1, 0.15) is 43.7 Å². The van der Waals surface area contributed by atoms with E-state index in [0.29, 0.717) is 0 Å². The van der Waals surface area contributed by atoms with Crippen molar-refractivity contribution >= 4 is 5.91 Å². The number of rotatable bonds is 6. The van der Waals surface area contributed by atoms with E-state index < -0.39 is 0 Å². The molecular weight excluding hydrogens is 236 g/mol. The Bertz CT molecular complexity index is 423. The fourth-order valence-electron chi connectivity index (χ4n) is 2.17. The Morgan fingerprint density at radius 1 is 1.37 bits per heavy atom. The highest BCUT2D eigenvalue weighted by molar-refractivity contribution is 5.81. The van der Waals surface area contributed by atoms with Crippen LogP contribution < -0.4 is 5.32 Å². The van der Waals surface area contributed by atoms with Crippen LogP contribution in [0.5, 0.6) is 0 Å². The molecule has 0 spiro atoms. The number of likely N-dealkylation sites (N-methyl/N-ethyl adjacent to an activating group) is 1. The molecule has 1 N–H and O–H groups in total. The van der Waals surface area contributed by atoms with Crippen molar-refractivity contribution in [1.82, 2.24) is 10.2 Å². The molecule has 1 unspecified atom stereocenters. The van der Waals surface area contributed by atoms with Gasteiger partial charge < -0.3 is 10.2 Å². The third-order valence-electron chi connectivity index (χ3n) is 3.86. The van der Waals surface area contributed by atoms with Crippen molar-refractivity contribution in [2.24, 2.45) is 0 Å². The van der Waals surface area contributed by atoms with E-state index in [1.165, 1.54) is 24.0 Å². The zero-order chi connectivity index (χ0) is 13.8. The number of hydrogen-bond acceptors (Lipinski definition) is 2. The lowest BCUT2D eigenvalue weighted by atomic mass is 10.1. The number of hydrogen-bond donors (Lipinski definition) is 1. The van der Waals surface area contributed by atoms with Gasteiger partial charge in [-0.05, 0) is 43.7 Å². The van der Waals surface area contributed by atoms with Crippen molar-refractivity contribution in [3.8, 4) is 0 Å². The Morgan fingerprint density at radius 3 is 2.53 bits per heavy atom. The predicted molar refractivity (Wildman–Crippen MR) is 78.0 cm³/mol. The van der Waals surface area contributed by atoms with E-state index in [2.05, 4.69) is 29.6 Å². The number of carbonyl (C=O) groups is 1. The van der Waals surface area contributed by atoms with Gasteiger partial charge in [-0.25, -0.2) is 0 Å². The molecule has 0 heterocycles. The van der Waals surface area contributed by atoms with Crippen LogP contribution in [-0.2, 0) is 11.3 Å². The van der Waals surface area contributed by atoms with Crippen molar-refractivity contribution in [3.63, 3.8) is 0 Å². The van der Waals surface area contributed by atoms with Crippen LogP contribution in [0.2, 0.25) is 0 Å². The second-order valence-electron chi connectivity index (χ2n) is 5.47. The van der Waals surface area contributed by atoms with E-state index in [9.17, 15) is 4.79 Å². The first-order valence-corrected chi connectivity index (χ1v) is 7.19. The largest absolute Gasteiger partial charge is 0.345 e. The number of benzene rings is 1. The molecule has 1 fully saturated rings. The molecule has 1 aromatic rings. The summed E-state index contributed by atoms with van der Waals surface area (Å²) in [6, 6.07) is 8.65. The van der Waals surface area contributed by atoms with Crippen LogP contribution in [0.3, 0.4) is 0 Å². The van der Waals surface area contributed by atoms with E-state index in [0.717, 1.165) is 19.0 Å². The first-order valence-electron chi connectivity index (χ1n) is 7.19. The molecule has 3 nitrogen and oxygen atoms in total. The first kappa shape index (κ1) is 14.1. The van der Waals surface area contributed by atoms with Crippen LogP contribution in [0.25, 0.3) is 0 Å². The highest BCUT2D eigenvalue weighted by atomic mass is 16.2. The first-order chi connectivity index (χ1) is 9.11. The molecule has 2 rings (SSSR count). The topological polar surface area (TPSA) is 32.3 Å². The van der Waals surface area contributed by atoms with Gasteiger partial charge in [-0.1, -0.05) is 24.3 Å². The molecule has 19 heavy (non-hydrogen) atoms. The molecule has 0 aromatic heterocycles. The van der Waals surface area contributed by atoms with E-state index in [1.54, 1.807) is 4.90 Å². The van der Waals surface area contributed by atoms with E-state index in [1.807, 2.05) is 20.9 Å². The summed E-state index contributed by atoms with van der Waals surface area (Å²) < 4.78 is 0. The molecule has 1 amide bonds. The molecule has 104 valence electrons. The van der Waals surface area contributed by atoms with E-state index >= 15 is 0 Å². The minimum Gasteiger partial charge on any atom is -0.345 e. The van der Waals surface area contributed by atoms with Crippen molar-refractivity contribution in [2.45, 2.75) is 45.2 Å². The molecule has 3 heteroatoms. The molecule has 1 saturated carbocycles. The highest BCUT2D eigenvalue weighted by Gasteiger charge is 2.23. The highest BCUT2D eigenvalue weighted by Crippen LogP contribution is 2.39. The van der Waals surface area contributed by atoms with Gasteiger partial charge in [-0.3, -0.25) is 4.79 Å². The summed E-state index contributed by atoms with van der Waals surface area (Å²) in [6.45, 7) is 5.41. The van der Waals surface area contributed by atoms with Crippen molar-refractivity contribution in [3.05, 3.63) is 35.4 Å². The summed E-state index contributed by atoms with van der Waals surface area (Å²) >= 11 is 0. The van der Waals surface area contributed by atoms with Crippen LogP contribution in [0.4, 0.5) is 0 Å². The number of amides is 1. The molecule has 1 aliphatic rings. The third-order valence-corrected chi connectivity index (χ3v) is 3.86. The van der Waals surface area contributed by atoms with E-state index in [-0.39, 0.29) is 11.9 Å². The molecule has 0 aliphatic heterocycles. The summed E-state index contributed by atoms with van der Waals surface area (Å²) in [4.78, 5) is 13.7. The Kier molecular flexibility index (Phi) is 4.59. The molecule has 0 radical (unpaired) electrons. The summed E-state index contributed by atoms with van der Waals surface area (Å²) in [5, 5.41) is 3.29. The number of nitrogens with zero attached hydrogens (tertiary/aromatic N) is 1. The maximum atomic E-state index is 11.9. The number of carbonyl (C=O) groups excluding carboxylic acids is 1. The van der Waals surface area contributed by atoms with Gasteiger partial charge in [0.05, 0.1) is 6.04 Å². The smallest absolute Gasteiger partial charge is 0.239 e. The van der Waals surface area contributed by atoms with Gasteiger partial charge in [0.2, 0.25) is 5.91 Å². The summed E-state index contributed by atoms with van der Waals surface area (Å²) in [5.74, 6) is 0.956. The zero-order valence-corrected chi connectivity index (χ0v) is 12.1. The maximum absolute atomic E-state index is 11.9. The molecule has 0 saturated heterocycles. The maximum Gasteiger partial charge on any atom is 0.239 e. The quantitative estimate of drug-likeness (QED) is 0.852. The Morgan fingerprint density at radius 2 is 2.00 bits per heavy atom. The van der Waals surface area contributed by atoms with Crippen molar-refractivity contribution in [1.29, 1.82) is 0 Å². The summed E-state index contributed by atoms with van der Waals surface area (Å²) in [7, 11) is 1.84. The zero-order valence-electron chi connectivity index (χ0n) is 12.1. The van der Waals surface area contributed by atoms with E-state index in [4.69, 9.17) is 0 Å². The van der Waals surface area contributed by atoms with Gasteiger partial charge in [0.15, 0.2) is 0 Å². The third kappa shape index (κ3) is 3.80. The lowest BCUT2D eigenvalue weighted by Gasteiger charge is -2.20. The van der Waals surface area contributed by atoms with Gasteiger partial charge in [-0.15, -0.1) is 0 Å². The predicted octanol–water partition coefficient (Wildman–Crippen LogP) is 2.52. The molecule has 1 aromatic carbocycles. The van der Waals surface area contributed by atoms with Gasteiger partial charge in [-0.2, -0.15) is 0 Å². The average Bonchev–Trinajstić information content (AvgIpc) is 3.28. The van der Waals surface area contributed by atoms with Crippen LogP contribution in [-0.4, -0.2) is 30.4 Å². The minimum atomic E-state index is -0.131. The van der Waals surface area contributed by atoms with Gasteiger partial charge in [0.25, 0.3) is 0 Å². The molecule has 1 atom stereocenters. The Hall–Kier alpha value is -1.35. The average molecular weight is 260 g/mol. The minimum absolute atomic E-state index is 0.131. The van der Waals surface area contributed by atoms with Crippen LogP contribution in [0.15, 0.2) is 24.3 Å².